The van der Waals surface area contributed by atoms with E-state index in [1.165, 1.54) is 12.1 Å². The molecule has 0 N–H and O–H groups in total. The van der Waals surface area contributed by atoms with Crippen LogP contribution in [0, 0.1) is 12.7 Å². The smallest absolute Gasteiger partial charge is 0.244 e. The van der Waals surface area contributed by atoms with Crippen LogP contribution < -0.4 is 4.90 Å². The molecule has 1 aliphatic rings. The van der Waals surface area contributed by atoms with Crippen LogP contribution in [0.5, 0.6) is 0 Å². The standard InChI is InChI=1S/C27H32FN5O2S/c1-5-12-31-13-10-24(18-31)36(34,35)30(4)27(3)11-14-32(19-27)25-16-21-17-29-33(26(21)15-20(25)2)23-8-6-22(28)7-9-23/h6-10,13,15-18H,5,11-12,14,19H2,1-4H3. The zero-order chi connectivity index (χ0) is 25.7. The number of likely N-dealkylation sites (N-methyl/N-ethyl adjacent to an activating group) is 1. The largest absolute Gasteiger partial charge is 0.369 e. The van der Waals surface area contributed by atoms with Gasteiger partial charge in [0.1, 0.15) is 5.82 Å². The summed E-state index contributed by atoms with van der Waals surface area (Å²) in [5.74, 6) is -0.281. The predicted octanol–water partition coefficient (Wildman–Crippen LogP) is 4.97. The molecule has 3 heterocycles. The summed E-state index contributed by atoms with van der Waals surface area (Å²) in [6.45, 7) is 8.30. The van der Waals surface area contributed by atoms with Gasteiger partial charge in [-0.25, -0.2) is 17.5 Å². The number of rotatable bonds is 7. The quantitative estimate of drug-likeness (QED) is 0.353. The van der Waals surface area contributed by atoms with Crippen LogP contribution in [0.1, 0.15) is 32.3 Å². The summed E-state index contributed by atoms with van der Waals surface area (Å²) in [6, 6.07) is 12.2. The number of aryl methyl sites for hydroxylation is 2. The Labute approximate surface area is 211 Å². The fraction of sp³-hybridized carbons (Fsp3) is 0.370. The first-order chi connectivity index (χ1) is 17.1. The molecule has 9 heteroatoms. The topological polar surface area (TPSA) is 63.4 Å². The molecule has 1 saturated heterocycles. The van der Waals surface area contributed by atoms with Crippen LogP contribution in [-0.2, 0) is 16.6 Å². The second kappa shape index (κ2) is 9.05. The van der Waals surface area contributed by atoms with Gasteiger partial charge >= 0.3 is 0 Å². The van der Waals surface area contributed by atoms with Crippen molar-refractivity contribution in [3.63, 3.8) is 0 Å². The van der Waals surface area contributed by atoms with E-state index in [-0.39, 0.29) is 5.82 Å². The first-order valence-corrected chi connectivity index (χ1v) is 13.7. The summed E-state index contributed by atoms with van der Waals surface area (Å²) in [7, 11) is -1.92. The zero-order valence-electron chi connectivity index (χ0n) is 21.1. The Balaban J connectivity index is 1.40. The Hall–Kier alpha value is -3.17. The molecule has 1 unspecified atom stereocenters. The number of anilines is 1. The van der Waals surface area contributed by atoms with E-state index in [4.69, 9.17) is 0 Å². The van der Waals surface area contributed by atoms with Crippen LogP contribution in [0.2, 0.25) is 0 Å². The van der Waals surface area contributed by atoms with Gasteiger partial charge in [0.25, 0.3) is 0 Å². The number of aromatic nitrogens is 3. The van der Waals surface area contributed by atoms with Gasteiger partial charge in [-0.15, -0.1) is 0 Å². The second-order valence-corrected chi connectivity index (χ2v) is 11.9. The Morgan fingerprint density at radius 1 is 1.17 bits per heavy atom. The van der Waals surface area contributed by atoms with Gasteiger partial charge in [0.2, 0.25) is 10.0 Å². The Morgan fingerprint density at radius 3 is 2.64 bits per heavy atom. The molecule has 2 aromatic carbocycles. The van der Waals surface area contributed by atoms with Crippen molar-refractivity contribution in [3.8, 4) is 5.69 Å². The molecule has 2 aromatic heterocycles. The lowest BCUT2D eigenvalue weighted by Gasteiger charge is -2.34. The van der Waals surface area contributed by atoms with Gasteiger partial charge in [0.05, 0.1) is 27.8 Å². The molecule has 7 nitrogen and oxygen atoms in total. The van der Waals surface area contributed by atoms with E-state index >= 15 is 0 Å². The first kappa shape index (κ1) is 24.5. The highest BCUT2D eigenvalue weighted by atomic mass is 32.2. The first-order valence-electron chi connectivity index (χ1n) is 12.3. The lowest BCUT2D eigenvalue weighted by atomic mass is 10.0. The van der Waals surface area contributed by atoms with Crippen molar-refractivity contribution in [1.82, 2.24) is 18.7 Å². The average Bonchev–Trinajstić information content (AvgIpc) is 3.58. The molecule has 36 heavy (non-hydrogen) atoms. The van der Waals surface area contributed by atoms with E-state index in [0.717, 1.165) is 53.8 Å². The molecule has 1 atom stereocenters. The van der Waals surface area contributed by atoms with Crippen LogP contribution >= 0.6 is 0 Å². The van der Waals surface area contributed by atoms with Crippen LogP contribution in [0.25, 0.3) is 16.6 Å². The van der Waals surface area contributed by atoms with Crippen LogP contribution in [0.3, 0.4) is 0 Å². The molecular weight excluding hydrogens is 477 g/mol. The van der Waals surface area contributed by atoms with Crippen molar-refractivity contribution in [2.45, 2.75) is 50.6 Å². The third-order valence-electron chi connectivity index (χ3n) is 7.37. The summed E-state index contributed by atoms with van der Waals surface area (Å²) in [4.78, 5) is 2.60. The number of halogens is 1. The minimum absolute atomic E-state index is 0.281. The van der Waals surface area contributed by atoms with Gasteiger partial charge < -0.3 is 9.47 Å². The second-order valence-electron chi connectivity index (χ2n) is 9.96. The molecule has 4 aromatic rings. The summed E-state index contributed by atoms with van der Waals surface area (Å²) >= 11 is 0. The zero-order valence-corrected chi connectivity index (χ0v) is 22.0. The average molecular weight is 510 g/mol. The van der Waals surface area contributed by atoms with Crippen molar-refractivity contribution in [2.75, 3.05) is 25.0 Å². The number of hydrogen-bond donors (Lipinski definition) is 0. The molecule has 0 bridgehead atoms. The minimum Gasteiger partial charge on any atom is -0.369 e. The number of sulfonamides is 1. The number of fused-ring (bicyclic) bond motifs is 1. The molecule has 5 rings (SSSR count). The van der Waals surface area contributed by atoms with Gasteiger partial charge in [-0.2, -0.15) is 9.40 Å². The minimum atomic E-state index is -3.61. The molecule has 0 aliphatic carbocycles. The SMILES string of the molecule is CCCn1ccc(S(=O)(=O)N(C)C2(C)CCN(c3cc4cnn(-c5ccc(F)cc5)c4cc3C)C2)c1. The van der Waals surface area contributed by atoms with Crippen molar-refractivity contribution < 1.29 is 12.8 Å². The number of hydrogen-bond acceptors (Lipinski definition) is 4. The fourth-order valence-corrected chi connectivity index (χ4v) is 6.67. The lowest BCUT2D eigenvalue weighted by Crippen LogP contribution is -2.49. The van der Waals surface area contributed by atoms with E-state index in [0.29, 0.717) is 11.4 Å². The van der Waals surface area contributed by atoms with E-state index in [1.54, 1.807) is 35.7 Å². The Kier molecular flexibility index (Phi) is 6.16. The molecule has 1 aliphatic heterocycles. The van der Waals surface area contributed by atoms with Crippen molar-refractivity contribution in [3.05, 3.63) is 72.4 Å². The van der Waals surface area contributed by atoms with Crippen LogP contribution in [0.4, 0.5) is 10.1 Å². The highest BCUT2D eigenvalue weighted by Crippen LogP contribution is 2.37. The van der Waals surface area contributed by atoms with Gasteiger partial charge in [0, 0.05) is 50.1 Å². The molecule has 0 radical (unpaired) electrons. The van der Waals surface area contributed by atoms with E-state index < -0.39 is 15.6 Å². The third-order valence-corrected chi connectivity index (χ3v) is 9.37. The molecular formula is C27H32FN5O2S. The summed E-state index contributed by atoms with van der Waals surface area (Å²) < 4.78 is 45.5. The molecule has 0 spiro atoms. The molecule has 0 saturated carbocycles. The number of nitrogens with zero attached hydrogens (tertiary/aromatic N) is 5. The summed E-state index contributed by atoms with van der Waals surface area (Å²) in [6.07, 6.45) is 7.04. The Bertz CT molecular complexity index is 1510. The van der Waals surface area contributed by atoms with Crippen molar-refractivity contribution >= 4 is 26.6 Å². The van der Waals surface area contributed by atoms with E-state index in [2.05, 4.69) is 36.0 Å². The van der Waals surface area contributed by atoms with Gasteiger partial charge in [-0.05, 0) is 74.7 Å². The van der Waals surface area contributed by atoms with Crippen LogP contribution in [-0.4, -0.2) is 52.7 Å². The maximum atomic E-state index is 13.4. The molecule has 190 valence electrons. The van der Waals surface area contributed by atoms with Crippen molar-refractivity contribution in [2.24, 2.45) is 0 Å². The fourth-order valence-electron chi connectivity index (χ4n) is 5.12. The van der Waals surface area contributed by atoms with Gasteiger partial charge in [-0.3, -0.25) is 0 Å². The third kappa shape index (κ3) is 4.20. The maximum Gasteiger partial charge on any atom is 0.244 e. The molecule has 0 amide bonds. The highest BCUT2D eigenvalue weighted by molar-refractivity contribution is 7.89. The van der Waals surface area contributed by atoms with E-state index in [9.17, 15) is 12.8 Å². The lowest BCUT2D eigenvalue weighted by molar-refractivity contribution is 0.267. The van der Waals surface area contributed by atoms with Gasteiger partial charge in [0.15, 0.2) is 0 Å². The molecule has 1 fully saturated rings. The summed E-state index contributed by atoms with van der Waals surface area (Å²) in [5, 5.41) is 5.51. The summed E-state index contributed by atoms with van der Waals surface area (Å²) in [5.41, 5.74) is 3.36. The normalized spacial score (nSPS) is 18.6. The van der Waals surface area contributed by atoms with Crippen LogP contribution in [0.15, 0.2) is 66.0 Å². The Morgan fingerprint density at radius 2 is 1.92 bits per heavy atom. The highest BCUT2D eigenvalue weighted by Gasteiger charge is 2.43. The van der Waals surface area contributed by atoms with Crippen molar-refractivity contribution in [1.29, 1.82) is 0 Å². The maximum absolute atomic E-state index is 13.4. The van der Waals surface area contributed by atoms with Gasteiger partial charge in [-0.1, -0.05) is 6.92 Å². The predicted molar refractivity (Wildman–Crippen MR) is 141 cm³/mol. The number of benzene rings is 2. The monoisotopic (exact) mass is 509 g/mol. The van der Waals surface area contributed by atoms with E-state index in [1.807, 2.05) is 28.6 Å².